The summed E-state index contributed by atoms with van der Waals surface area (Å²) in [7, 11) is 1.69. The minimum absolute atomic E-state index is 0.0385. The molecule has 11 nitrogen and oxygen atoms in total. The van der Waals surface area contributed by atoms with E-state index in [4.69, 9.17) is 15.6 Å². The Morgan fingerprint density at radius 1 is 1.31 bits per heavy atom. The number of rotatable bonds is 5. The zero-order chi connectivity index (χ0) is 20.1. The highest BCUT2D eigenvalue weighted by Gasteiger charge is 2.20. The van der Waals surface area contributed by atoms with Crippen molar-refractivity contribution in [3.8, 4) is 0 Å². The lowest BCUT2D eigenvalue weighted by Crippen LogP contribution is -2.29. The first-order valence-electron chi connectivity index (χ1n) is 8.10. The van der Waals surface area contributed by atoms with E-state index in [1.54, 1.807) is 18.9 Å². The number of nitrogens with one attached hydrogen (secondary N) is 3. The molecule has 5 N–H and O–H groups in total. The van der Waals surface area contributed by atoms with Crippen molar-refractivity contribution in [2.75, 3.05) is 26.7 Å². The molecule has 1 unspecified atom stereocenters. The Bertz CT molecular complexity index is 518. The van der Waals surface area contributed by atoms with Crippen LogP contribution in [-0.4, -0.2) is 77.7 Å². The summed E-state index contributed by atoms with van der Waals surface area (Å²) in [6.07, 6.45) is 1.59. The SMILES string of the molecule is CCOC(=O)CCC(=O)O.CN1CC(=O)NC1=N.O=C(O)C1CCCN1. The van der Waals surface area contributed by atoms with Gasteiger partial charge in [-0.2, -0.15) is 0 Å². The molecule has 11 heteroatoms. The molecule has 0 aromatic heterocycles. The molecule has 2 fully saturated rings. The van der Waals surface area contributed by atoms with Crippen LogP contribution in [-0.2, 0) is 23.9 Å². The van der Waals surface area contributed by atoms with Crippen molar-refractivity contribution < 1.29 is 34.1 Å². The maximum atomic E-state index is 10.5. The van der Waals surface area contributed by atoms with Gasteiger partial charge in [-0.3, -0.25) is 29.9 Å². The predicted molar refractivity (Wildman–Crippen MR) is 90.7 cm³/mol. The van der Waals surface area contributed by atoms with Crippen molar-refractivity contribution in [3.63, 3.8) is 0 Å². The van der Waals surface area contributed by atoms with Crippen LogP contribution in [0.3, 0.4) is 0 Å². The molecule has 2 rings (SSSR count). The summed E-state index contributed by atoms with van der Waals surface area (Å²) >= 11 is 0. The van der Waals surface area contributed by atoms with E-state index in [1.165, 1.54) is 0 Å². The fourth-order valence-electron chi connectivity index (χ4n) is 1.90. The molecule has 2 heterocycles. The number of carboxylic acid groups (broad SMARTS) is 2. The lowest BCUT2D eigenvalue weighted by Gasteiger charge is -2.03. The fraction of sp³-hybridized carbons (Fsp3) is 0.667. The summed E-state index contributed by atoms with van der Waals surface area (Å²) in [6, 6.07) is -0.269. The number of esters is 1. The molecule has 1 amide bonds. The number of likely N-dealkylation sites (N-methyl/N-ethyl adjacent to an activating group) is 1. The minimum Gasteiger partial charge on any atom is -0.481 e. The Labute approximate surface area is 151 Å². The average molecular weight is 374 g/mol. The van der Waals surface area contributed by atoms with Gasteiger partial charge in [-0.1, -0.05) is 0 Å². The molecule has 0 aliphatic carbocycles. The molecule has 0 aromatic rings. The van der Waals surface area contributed by atoms with Crippen LogP contribution in [0.1, 0.15) is 32.6 Å². The average Bonchev–Trinajstić information content (AvgIpc) is 3.17. The van der Waals surface area contributed by atoms with E-state index >= 15 is 0 Å². The van der Waals surface area contributed by atoms with Gasteiger partial charge in [-0.25, -0.2) is 0 Å². The highest BCUT2D eigenvalue weighted by Crippen LogP contribution is 2.03. The maximum absolute atomic E-state index is 10.5. The van der Waals surface area contributed by atoms with Crippen LogP contribution in [0.15, 0.2) is 0 Å². The van der Waals surface area contributed by atoms with Crippen LogP contribution in [0.4, 0.5) is 0 Å². The third-order valence-electron chi connectivity index (χ3n) is 3.23. The third-order valence-corrected chi connectivity index (χ3v) is 3.23. The molecule has 0 radical (unpaired) electrons. The van der Waals surface area contributed by atoms with E-state index in [2.05, 4.69) is 15.4 Å². The summed E-state index contributed by atoms with van der Waals surface area (Å²) < 4.78 is 4.49. The van der Waals surface area contributed by atoms with Gasteiger partial charge in [0.2, 0.25) is 5.91 Å². The molecule has 26 heavy (non-hydrogen) atoms. The number of carbonyl (C=O) groups is 4. The highest BCUT2D eigenvalue weighted by molar-refractivity contribution is 6.02. The molecule has 0 aromatic carbocycles. The highest BCUT2D eigenvalue weighted by atomic mass is 16.5. The van der Waals surface area contributed by atoms with Gasteiger partial charge in [0.25, 0.3) is 0 Å². The van der Waals surface area contributed by atoms with Crippen LogP contribution >= 0.6 is 0 Å². The number of carboxylic acids is 2. The minimum atomic E-state index is -0.979. The van der Waals surface area contributed by atoms with Crippen molar-refractivity contribution in [1.29, 1.82) is 5.41 Å². The largest absolute Gasteiger partial charge is 0.481 e. The van der Waals surface area contributed by atoms with Crippen molar-refractivity contribution in [3.05, 3.63) is 0 Å². The summed E-state index contributed by atoms with van der Waals surface area (Å²) in [4.78, 5) is 42.4. The smallest absolute Gasteiger partial charge is 0.320 e. The number of hydrogen-bond acceptors (Lipinski definition) is 7. The van der Waals surface area contributed by atoms with Gasteiger partial charge < -0.3 is 25.2 Å². The number of ether oxygens (including phenoxy) is 1. The molecule has 0 saturated carbocycles. The van der Waals surface area contributed by atoms with Gasteiger partial charge in [0, 0.05) is 7.05 Å². The van der Waals surface area contributed by atoms with Crippen LogP contribution < -0.4 is 10.6 Å². The topological polar surface area (TPSA) is 169 Å². The van der Waals surface area contributed by atoms with Gasteiger partial charge in [0.05, 0.1) is 26.0 Å². The summed E-state index contributed by atoms with van der Waals surface area (Å²) in [6.45, 7) is 3.16. The Morgan fingerprint density at radius 3 is 2.23 bits per heavy atom. The van der Waals surface area contributed by atoms with Crippen molar-refractivity contribution >= 4 is 29.8 Å². The zero-order valence-corrected chi connectivity index (χ0v) is 14.9. The summed E-state index contributed by atoms with van der Waals surface area (Å²) in [5.41, 5.74) is 0. The Kier molecular flexibility index (Phi) is 11.3. The van der Waals surface area contributed by atoms with E-state index in [1.807, 2.05) is 0 Å². The van der Waals surface area contributed by atoms with Crippen molar-refractivity contribution in [2.45, 2.75) is 38.6 Å². The van der Waals surface area contributed by atoms with Crippen LogP contribution in [0.2, 0.25) is 0 Å². The standard InChI is InChI=1S/C6H10O4.C5H9NO2.C4H7N3O/c1-2-10-6(9)4-3-5(7)8;7-5(8)4-2-1-3-6-4;1-7-2-3(8)6-4(7)5/h2-4H2,1H3,(H,7,8);4,6H,1-3H2,(H,7,8);2H2,1H3,(H2,5,6,8). The van der Waals surface area contributed by atoms with Crippen LogP contribution in [0, 0.1) is 5.41 Å². The molecule has 0 bridgehead atoms. The first kappa shape index (κ1) is 23.3. The number of carbonyl (C=O) groups excluding carboxylic acids is 2. The van der Waals surface area contributed by atoms with Gasteiger partial charge in [-0.05, 0) is 26.3 Å². The monoisotopic (exact) mass is 374 g/mol. The first-order valence-corrected chi connectivity index (χ1v) is 8.10. The number of nitrogens with zero attached hydrogens (tertiary/aromatic N) is 1. The van der Waals surface area contributed by atoms with Gasteiger partial charge in [0.1, 0.15) is 6.04 Å². The second-order valence-corrected chi connectivity index (χ2v) is 5.44. The Hall–Kier alpha value is -2.69. The van der Waals surface area contributed by atoms with Gasteiger partial charge in [0.15, 0.2) is 5.96 Å². The fourth-order valence-corrected chi connectivity index (χ4v) is 1.90. The molecule has 148 valence electrons. The summed E-state index contributed by atoms with van der Waals surface area (Å²) in [5, 5.41) is 28.6. The maximum Gasteiger partial charge on any atom is 0.320 e. The van der Waals surface area contributed by atoms with Gasteiger partial charge in [-0.15, -0.1) is 0 Å². The quantitative estimate of drug-likeness (QED) is 0.387. The number of hydrogen-bond donors (Lipinski definition) is 5. The second kappa shape index (κ2) is 12.6. The molecule has 1 atom stereocenters. The number of aliphatic carboxylic acids is 2. The second-order valence-electron chi connectivity index (χ2n) is 5.44. The van der Waals surface area contributed by atoms with Crippen LogP contribution in [0.5, 0.6) is 0 Å². The molecule has 2 aliphatic heterocycles. The van der Waals surface area contributed by atoms with E-state index in [9.17, 15) is 19.2 Å². The molecular formula is C15H26N4O7. The number of guanidine groups is 1. The van der Waals surface area contributed by atoms with E-state index in [0.717, 1.165) is 19.4 Å². The normalized spacial score (nSPS) is 18.1. The molecular weight excluding hydrogens is 348 g/mol. The predicted octanol–water partition coefficient (Wildman–Crippen LogP) is -0.780. The van der Waals surface area contributed by atoms with E-state index < -0.39 is 17.9 Å². The molecule has 2 saturated heterocycles. The van der Waals surface area contributed by atoms with Gasteiger partial charge >= 0.3 is 17.9 Å². The van der Waals surface area contributed by atoms with Crippen molar-refractivity contribution in [2.24, 2.45) is 0 Å². The Balaban J connectivity index is 0.000000363. The zero-order valence-electron chi connectivity index (χ0n) is 14.9. The molecule has 0 spiro atoms. The first-order chi connectivity index (χ1) is 12.2. The van der Waals surface area contributed by atoms with Crippen molar-refractivity contribution in [1.82, 2.24) is 15.5 Å². The number of amides is 1. The lowest BCUT2D eigenvalue weighted by atomic mass is 10.2. The van der Waals surface area contributed by atoms with Crippen LogP contribution in [0.25, 0.3) is 0 Å². The molecule has 2 aliphatic rings. The van der Waals surface area contributed by atoms with E-state index in [0.29, 0.717) is 13.2 Å². The van der Waals surface area contributed by atoms with E-state index in [-0.39, 0.29) is 30.8 Å². The summed E-state index contributed by atoms with van der Waals surface area (Å²) in [5.74, 6) is -2.06. The Morgan fingerprint density at radius 2 is 1.96 bits per heavy atom. The third kappa shape index (κ3) is 11.0. The lowest BCUT2D eigenvalue weighted by molar-refractivity contribution is -0.147.